The van der Waals surface area contributed by atoms with E-state index in [2.05, 4.69) is 21.2 Å². The van der Waals surface area contributed by atoms with E-state index in [1.807, 2.05) is 11.8 Å². The maximum atomic E-state index is 13.0. The second-order valence-electron chi connectivity index (χ2n) is 3.45. The Morgan fingerprint density at radius 3 is 2.93 bits per heavy atom. The van der Waals surface area contributed by atoms with Crippen LogP contribution in [0.4, 0.5) is 10.1 Å². The molecular formula is C10H10BrClFNS. The van der Waals surface area contributed by atoms with Gasteiger partial charge in [0.1, 0.15) is 5.82 Å². The predicted molar refractivity (Wildman–Crippen MR) is 68.5 cm³/mol. The first-order valence-corrected chi connectivity index (χ1v) is 6.98. The van der Waals surface area contributed by atoms with E-state index in [1.165, 1.54) is 17.9 Å². The van der Waals surface area contributed by atoms with E-state index in [0.717, 1.165) is 17.9 Å². The molecule has 0 spiro atoms. The second kappa shape index (κ2) is 4.93. The van der Waals surface area contributed by atoms with Gasteiger partial charge in [-0.3, -0.25) is 0 Å². The molecule has 1 N–H and O–H groups in total. The first-order valence-electron chi connectivity index (χ1n) is 4.65. The van der Waals surface area contributed by atoms with Gasteiger partial charge in [0, 0.05) is 16.3 Å². The molecule has 1 aliphatic heterocycles. The highest BCUT2D eigenvalue weighted by atomic mass is 79.9. The Bertz CT molecular complexity index is 345. The van der Waals surface area contributed by atoms with Crippen molar-refractivity contribution in [3.8, 4) is 0 Å². The first-order chi connectivity index (χ1) is 7.16. The van der Waals surface area contributed by atoms with Crippen molar-refractivity contribution in [2.75, 3.05) is 16.8 Å². The minimum Gasteiger partial charge on any atom is -0.379 e. The van der Waals surface area contributed by atoms with Crippen LogP contribution < -0.4 is 5.32 Å². The van der Waals surface area contributed by atoms with Gasteiger partial charge in [0.05, 0.1) is 10.7 Å². The van der Waals surface area contributed by atoms with Crippen LogP contribution in [0.25, 0.3) is 0 Å². The standard InChI is InChI=1S/C10H10BrClFNS/c11-8-3-6(13)4-9(12)10(8)14-7-1-2-15-5-7/h3-4,7,14H,1-2,5H2. The molecule has 5 heteroatoms. The van der Waals surface area contributed by atoms with Gasteiger partial charge >= 0.3 is 0 Å². The van der Waals surface area contributed by atoms with Gasteiger partial charge in [-0.2, -0.15) is 11.8 Å². The summed E-state index contributed by atoms with van der Waals surface area (Å²) in [4.78, 5) is 0. The molecule has 0 bridgehead atoms. The number of anilines is 1. The van der Waals surface area contributed by atoms with Gasteiger partial charge in [0.25, 0.3) is 0 Å². The zero-order valence-electron chi connectivity index (χ0n) is 7.90. The number of nitrogens with one attached hydrogen (secondary N) is 1. The smallest absolute Gasteiger partial charge is 0.125 e. The summed E-state index contributed by atoms with van der Waals surface area (Å²) in [5.41, 5.74) is 0.797. The van der Waals surface area contributed by atoms with Crippen LogP contribution in [0.15, 0.2) is 16.6 Å². The van der Waals surface area contributed by atoms with E-state index < -0.39 is 0 Å². The number of halogens is 3. The summed E-state index contributed by atoms with van der Waals surface area (Å²) in [6.07, 6.45) is 1.13. The molecule has 0 aromatic heterocycles. The van der Waals surface area contributed by atoms with Gasteiger partial charge < -0.3 is 5.32 Å². The van der Waals surface area contributed by atoms with E-state index >= 15 is 0 Å². The predicted octanol–water partition coefficient (Wildman–Crippen LogP) is 4.16. The van der Waals surface area contributed by atoms with E-state index in [0.29, 0.717) is 15.5 Å². The fourth-order valence-electron chi connectivity index (χ4n) is 1.53. The van der Waals surface area contributed by atoms with Gasteiger partial charge in [0.15, 0.2) is 0 Å². The van der Waals surface area contributed by atoms with Gasteiger partial charge in [-0.05, 0) is 40.2 Å². The number of rotatable bonds is 2. The van der Waals surface area contributed by atoms with Crippen molar-refractivity contribution >= 4 is 45.0 Å². The minimum absolute atomic E-state index is 0.321. The maximum Gasteiger partial charge on any atom is 0.125 e. The topological polar surface area (TPSA) is 12.0 Å². The SMILES string of the molecule is Fc1cc(Cl)c(NC2CCSC2)c(Br)c1. The summed E-state index contributed by atoms with van der Waals surface area (Å²) in [6.45, 7) is 0. The molecule has 1 fully saturated rings. The van der Waals surface area contributed by atoms with Crippen LogP contribution in [0, 0.1) is 5.82 Å². The molecule has 1 atom stereocenters. The van der Waals surface area contributed by atoms with Gasteiger partial charge in [-0.1, -0.05) is 11.6 Å². The fourth-order valence-corrected chi connectivity index (χ4v) is 3.61. The van der Waals surface area contributed by atoms with Crippen LogP contribution in [0.3, 0.4) is 0 Å². The number of thioether (sulfide) groups is 1. The van der Waals surface area contributed by atoms with Crippen molar-refractivity contribution in [1.82, 2.24) is 0 Å². The van der Waals surface area contributed by atoms with Crippen LogP contribution in [-0.4, -0.2) is 17.5 Å². The molecule has 82 valence electrons. The average Bonchev–Trinajstić information content (AvgIpc) is 2.63. The Morgan fingerprint density at radius 1 is 1.53 bits per heavy atom. The molecule has 0 saturated carbocycles. The first kappa shape index (κ1) is 11.6. The zero-order valence-corrected chi connectivity index (χ0v) is 11.1. The van der Waals surface area contributed by atoms with Crippen LogP contribution in [0.1, 0.15) is 6.42 Å². The lowest BCUT2D eigenvalue weighted by Gasteiger charge is -2.15. The molecule has 1 nitrogen and oxygen atoms in total. The van der Waals surface area contributed by atoms with Crippen molar-refractivity contribution in [2.24, 2.45) is 0 Å². The third-order valence-corrected chi connectivity index (χ3v) is 4.37. The Hall–Kier alpha value is 0.0700. The lowest BCUT2D eigenvalue weighted by Crippen LogP contribution is -2.18. The van der Waals surface area contributed by atoms with E-state index in [-0.39, 0.29) is 5.82 Å². The molecule has 2 rings (SSSR count). The van der Waals surface area contributed by atoms with Crippen molar-refractivity contribution in [3.63, 3.8) is 0 Å². The summed E-state index contributed by atoms with van der Waals surface area (Å²) < 4.78 is 13.7. The van der Waals surface area contributed by atoms with Crippen LogP contribution in [-0.2, 0) is 0 Å². The average molecular weight is 311 g/mol. The van der Waals surface area contributed by atoms with Crippen molar-refractivity contribution < 1.29 is 4.39 Å². The summed E-state index contributed by atoms with van der Waals surface area (Å²) in [6, 6.07) is 3.20. The molecule has 1 saturated heterocycles. The third-order valence-electron chi connectivity index (χ3n) is 2.29. The van der Waals surface area contributed by atoms with E-state index in [4.69, 9.17) is 11.6 Å². The Morgan fingerprint density at radius 2 is 2.33 bits per heavy atom. The van der Waals surface area contributed by atoms with Crippen molar-refractivity contribution in [2.45, 2.75) is 12.5 Å². The van der Waals surface area contributed by atoms with Gasteiger partial charge in [-0.15, -0.1) is 0 Å². The van der Waals surface area contributed by atoms with Gasteiger partial charge in [0.2, 0.25) is 0 Å². The lowest BCUT2D eigenvalue weighted by atomic mass is 10.2. The Kier molecular flexibility index (Phi) is 3.80. The van der Waals surface area contributed by atoms with Crippen molar-refractivity contribution in [3.05, 3.63) is 27.4 Å². The van der Waals surface area contributed by atoms with Crippen LogP contribution in [0.2, 0.25) is 5.02 Å². The quantitative estimate of drug-likeness (QED) is 0.880. The molecular weight excluding hydrogens is 301 g/mol. The third kappa shape index (κ3) is 2.80. The molecule has 0 amide bonds. The summed E-state index contributed by atoms with van der Waals surface area (Å²) in [7, 11) is 0. The minimum atomic E-state index is -0.321. The highest BCUT2D eigenvalue weighted by molar-refractivity contribution is 9.10. The fraction of sp³-hybridized carbons (Fsp3) is 0.400. The molecule has 0 aliphatic carbocycles. The molecule has 1 aliphatic rings. The Balaban J connectivity index is 2.19. The Labute approximate surface area is 106 Å². The zero-order chi connectivity index (χ0) is 10.8. The van der Waals surface area contributed by atoms with Gasteiger partial charge in [-0.25, -0.2) is 4.39 Å². The number of hydrogen-bond acceptors (Lipinski definition) is 2. The highest BCUT2D eigenvalue weighted by Crippen LogP contribution is 2.33. The van der Waals surface area contributed by atoms with E-state index in [9.17, 15) is 4.39 Å². The molecule has 1 heterocycles. The van der Waals surface area contributed by atoms with Crippen molar-refractivity contribution in [1.29, 1.82) is 0 Å². The summed E-state index contributed by atoms with van der Waals surface area (Å²) in [5.74, 6) is 1.94. The molecule has 15 heavy (non-hydrogen) atoms. The number of hydrogen-bond donors (Lipinski definition) is 1. The van der Waals surface area contributed by atoms with Crippen LogP contribution in [0.5, 0.6) is 0 Å². The lowest BCUT2D eigenvalue weighted by molar-refractivity contribution is 0.627. The largest absolute Gasteiger partial charge is 0.379 e. The maximum absolute atomic E-state index is 13.0. The molecule has 1 unspecified atom stereocenters. The highest BCUT2D eigenvalue weighted by Gasteiger charge is 2.17. The molecule has 0 radical (unpaired) electrons. The summed E-state index contributed by atoms with van der Waals surface area (Å²) >= 11 is 11.2. The number of benzene rings is 1. The van der Waals surface area contributed by atoms with E-state index in [1.54, 1.807) is 0 Å². The normalized spacial score (nSPS) is 20.6. The second-order valence-corrected chi connectivity index (χ2v) is 5.86. The van der Waals surface area contributed by atoms with Crippen LogP contribution >= 0.6 is 39.3 Å². The molecule has 1 aromatic rings. The summed E-state index contributed by atoms with van der Waals surface area (Å²) in [5, 5.41) is 3.77. The monoisotopic (exact) mass is 309 g/mol. The molecule has 1 aromatic carbocycles.